The number of anilines is 2. The minimum absolute atomic E-state index is 0.0905. The number of benzene rings is 1. The van der Waals surface area contributed by atoms with E-state index in [2.05, 4.69) is 85.4 Å². The van der Waals surface area contributed by atoms with Crippen molar-refractivity contribution in [3.05, 3.63) is 198 Å². The summed E-state index contributed by atoms with van der Waals surface area (Å²) in [4.78, 5) is 78.0. The Labute approximate surface area is 529 Å². The fraction of sp³-hybridized carbons (Fsp3) is 0.309. The first-order chi connectivity index (χ1) is 43.5. The summed E-state index contributed by atoms with van der Waals surface area (Å²) in [5.41, 5.74) is 14.9. The second-order valence-corrected chi connectivity index (χ2v) is 24.1. The van der Waals surface area contributed by atoms with Crippen LogP contribution in [0.3, 0.4) is 0 Å². The summed E-state index contributed by atoms with van der Waals surface area (Å²) in [5.74, 6) is 0.621. The van der Waals surface area contributed by atoms with Crippen LogP contribution in [0.2, 0.25) is 10.0 Å². The van der Waals surface area contributed by atoms with Crippen molar-refractivity contribution in [2.75, 3.05) is 88.3 Å². The van der Waals surface area contributed by atoms with E-state index in [1.165, 1.54) is 5.57 Å². The molecule has 2 saturated heterocycles. The molecule has 15 rings (SSSR count). The third-order valence-corrected chi connectivity index (χ3v) is 18.0. The predicted octanol–water partition coefficient (Wildman–Crippen LogP) is 10.5. The molecule has 20 nitrogen and oxygen atoms in total. The van der Waals surface area contributed by atoms with Crippen LogP contribution in [0.5, 0.6) is 0 Å². The van der Waals surface area contributed by atoms with Crippen LogP contribution in [0.4, 0.5) is 11.4 Å². The van der Waals surface area contributed by atoms with E-state index >= 15 is 0 Å². The molecular formula is C68H70Cl2N16O4. The first-order valence-corrected chi connectivity index (χ1v) is 31.5. The Kier molecular flexibility index (Phi) is 16.7. The van der Waals surface area contributed by atoms with Crippen molar-refractivity contribution < 1.29 is 4.42 Å². The highest BCUT2D eigenvalue weighted by Gasteiger charge is 2.24. The normalized spacial score (nSPS) is 16.1. The summed E-state index contributed by atoms with van der Waals surface area (Å²) in [5, 5.41) is 1.06. The molecule has 0 N–H and O–H groups in total. The zero-order valence-corrected chi connectivity index (χ0v) is 53.0. The molecule has 0 bridgehead atoms. The summed E-state index contributed by atoms with van der Waals surface area (Å²) < 4.78 is 14.2. The summed E-state index contributed by atoms with van der Waals surface area (Å²) in [6, 6.07) is 26.4. The number of oxazole rings is 1. The summed E-state index contributed by atoms with van der Waals surface area (Å²) in [7, 11) is 0. The average molecular weight is 1250 g/mol. The molecule has 460 valence electrons. The number of pyridine rings is 5. The third kappa shape index (κ3) is 12.2. The SMILES string of the molecule is CCN1CC=C(c2ccc3nc(-c4ccc5nc(C)oc5c4)cc(=O)n3c2)CC1.CCN1CCN(c2ccc3nc(-c4cc(Cl)c5nc(C)cn5c4)cc(=O)n3c2)CC1.CCN1CCN(c2ccc3nc(-c4cc(Cl)c5nc(C)cn5c4)cc(=O)n3c2)C[C@H]1C. The second-order valence-electron chi connectivity index (χ2n) is 23.3. The number of hydrogen-bond acceptors (Lipinski definition) is 15. The molecule has 0 saturated carbocycles. The number of aromatic nitrogens is 11. The van der Waals surface area contributed by atoms with Gasteiger partial charge >= 0.3 is 0 Å². The molecule has 11 aromatic heterocycles. The maximum atomic E-state index is 13.0. The third-order valence-electron chi connectivity index (χ3n) is 17.4. The van der Waals surface area contributed by atoms with Crippen molar-refractivity contribution in [2.45, 2.75) is 60.9 Å². The van der Waals surface area contributed by atoms with Crippen molar-refractivity contribution in [3.8, 4) is 33.8 Å². The van der Waals surface area contributed by atoms with Gasteiger partial charge in [0.15, 0.2) is 22.8 Å². The molecule has 12 aromatic rings. The van der Waals surface area contributed by atoms with Gasteiger partial charge in [-0.1, -0.05) is 56.1 Å². The Morgan fingerprint density at radius 1 is 0.500 bits per heavy atom. The predicted molar refractivity (Wildman–Crippen MR) is 358 cm³/mol. The average Bonchev–Trinajstić information content (AvgIpc) is 1.21. The van der Waals surface area contributed by atoms with Crippen molar-refractivity contribution in [1.82, 2.24) is 66.6 Å². The Morgan fingerprint density at radius 2 is 1.02 bits per heavy atom. The highest BCUT2D eigenvalue weighted by molar-refractivity contribution is 6.34. The maximum absolute atomic E-state index is 13.0. The molecule has 0 spiro atoms. The Bertz CT molecular complexity index is 4940. The van der Waals surface area contributed by atoms with Crippen LogP contribution in [0.15, 0.2) is 153 Å². The molecule has 1 aromatic carbocycles. The monoisotopic (exact) mass is 1240 g/mol. The number of hydrogen-bond donors (Lipinski definition) is 0. The van der Waals surface area contributed by atoms with Crippen molar-refractivity contribution in [3.63, 3.8) is 0 Å². The van der Waals surface area contributed by atoms with Crippen LogP contribution in [-0.4, -0.2) is 151 Å². The molecular weight excluding hydrogens is 1180 g/mol. The largest absolute Gasteiger partial charge is 0.441 e. The lowest BCUT2D eigenvalue weighted by Gasteiger charge is -2.40. The van der Waals surface area contributed by atoms with E-state index in [-0.39, 0.29) is 16.7 Å². The molecule has 22 heteroatoms. The Hall–Kier alpha value is -9.05. The fourth-order valence-electron chi connectivity index (χ4n) is 12.4. The van der Waals surface area contributed by atoms with E-state index in [1.54, 1.807) is 31.4 Å². The number of halogens is 2. The van der Waals surface area contributed by atoms with Gasteiger partial charge < -0.3 is 27.9 Å². The first-order valence-electron chi connectivity index (χ1n) is 30.7. The fourth-order valence-corrected chi connectivity index (χ4v) is 12.9. The molecule has 0 amide bonds. The lowest BCUT2D eigenvalue weighted by atomic mass is 10.0. The number of rotatable bonds is 9. The number of aryl methyl sites for hydroxylation is 3. The quantitative estimate of drug-likeness (QED) is 0.133. The highest BCUT2D eigenvalue weighted by Crippen LogP contribution is 2.30. The minimum Gasteiger partial charge on any atom is -0.441 e. The van der Waals surface area contributed by atoms with Gasteiger partial charge in [0.2, 0.25) is 0 Å². The number of nitrogens with zero attached hydrogens (tertiary/aromatic N) is 16. The van der Waals surface area contributed by atoms with E-state index in [9.17, 15) is 14.4 Å². The number of fused-ring (bicyclic) bond motifs is 6. The molecule has 90 heavy (non-hydrogen) atoms. The van der Waals surface area contributed by atoms with Gasteiger partial charge in [-0.15, -0.1) is 0 Å². The first kappa shape index (κ1) is 59.9. The van der Waals surface area contributed by atoms with Gasteiger partial charge in [-0.05, 0) is 119 Å². The lowest BCUT2D eigenvalue weighted by molar-refractivity contribution is 0.199. The van der Waals surface area contributed by atoms with E-state index in [0.717, 1.165) is 135 Å². The van der Waals surface area contributed by atoms with E-state index in [1.807, 2.05) is 128 Å². The van der Waals surface area contributed by atoms with Crippen molar-refractivity contribution in [2.24, 2.45) is 0 Å². The van der Waals surface area contributed by atoms with Crippen LogP contribution < -0.4 is 26.5 Å². The molecule has 3 aliphatic rings. The smallest absolute Gasteiger partial charge is 0.258 e. The zero-order chi connectivity index (χ0) is 62.5. The molecule has 2 fully saturated rings. The molecule has 0 aliphatic carbocycles. The maximum Gasteiger partial charge on any atom is 0.258 e. The molecule has 1 atom stereocenters. The van der Waals surface area contributed by atoms with Gasteiger partial charge in [-0.2, -0.15) is 0 Å². The number of likely N-dealkylation sites (N-methyl/N-ethyl adjacent to an activating group) is 3. The second kappa shape index (κ2) is 25.1. The van der Waals surface area contributed by atoms with E-state index in [4.69, 9.17) is 42.6 Å². The van der Waals surface area contributed by atoms with Gasteiger partial charge in [-0.3, -0.25) is 37.4 Å². The van der Waals surface area contributed by atoms with Gasteiger partial charge in [0.25, 0.3) is 16.7 Å². The summed E-state index contributed by atoms with van der Waals surface area (Å²) in [6.07, 6.45) is 16.6. The number of piperazine rings is 2. The van der Waals surface area contributed by atoms with Crippen LogP contribution in [0.25, 0.3) is 78.7 Å². The van der Waals surface area contributed by atoms with Crippen LogP contribution in [0.1, 0.15) is 57.0 Å². The van der Waals surface area contributed by atoms with Crippen LogP contribution in [0, 0.1) is 20.8 Å². The van der Waals surface area contributed by atoms with Crippen LogP contribution in [-0.2, 0) is 0 Å². The van der Waals surface area contributed by atoms with Gasteiger partial charge in [0.1, 0.15) is 22.5 Å². The Balaban J connectivity index is 0.000000124. The molecule has 3 aliphatic heterocycles. The number of imidazole rings is 2. The highest BCUT2D eigenvalue weighted by atomic mass is 35.5. The summed E-state index contributed by atoms with van der Waals surface area (Å²) >= 11 is 12.8. The standard InChI is InChI=1S/C23H25ClN6O.C23H22N4O2.C22H23ClN6O/c1-4-27-7-8-28(12-16(27)3)18-5-6-21-26-20(10-22(31)30(21)14-18)17-9-19(24)23-25-15(2)11-29(23)13-17;1-3-26-10-8-16(9-11-26)18-5-7-22-25-20(13-23(28)27(22)14-18)17-4-6-19-21(12-17)29-15(2)24-19;1-3-26-6-8-27(9-7-26)17-4-5-20-25-19(11-21(30)29(20)14-17)16-10-18(23)22-24-15(2)12-28(22)13-16/h5-6,9-11,13-14,16H,4,7-8,12H2,1-3H3;4-8,12-14H,3,9-11H2,1-2H3;4-5,10-14H,3,6-9H2,1-2H3/t16-;;/m1../s1. The topological polar surface area (TPSA) is 180 Å². The van der Waals surface area contributed by atoms with Gasteiger partial charge in [-0.25, -0.2) is 29.9 Å². The zero-order valence-electron chi connectivity index (χ0n) is 51.5. The molecule has 0 radical (unpaired) electrons. The Morgan fingerprint density at radius 3 is 1.56 bits per heavy atom. The minimum atomic E-state index is -0.111. The van der Waals surface area contributed by atoms with Gasteiger partial charge in [0, 0.05) is 150 Å². The molecule has 14 heterocycles. The van der Waals surface area contributed by atoms with E-state index < -0.39 is 0 Å². The molecule has 0 unspecified atom stereocenters. The van der Waals surface area contributed by atoms with Gasteiger partial charge in [0.05, 0.1) is 49.9 Å². The lowest BCUT2D eigenvalue weighted by Crippen LogP contribution is -2.51. The van der Waals surface area contributed by atoms with Crippen LogP contribution >= 0.6 is 23.2 Å². The van der Waals surface area contributed by atoms with E-state index in [0.29, 0.717) is 72.9 Å². The van der Waals surface area contributed by atoms with Crippen molar-refractivity contribution in [1.29, 1.82) is 0 Å². The summed E-state index contributed by atoms with van der Waals surface area (Å²) in [6.45, 7) is 26.6. The van der Waals surface area contributed by atoms with Crippen molar-refractivity contribution >= 4 is 79.5 Å².